The van der Waals surface area contributed by atoms with E-state index in [9.17, 15) is 9.59 Å². The monoisotopic (exact) mass is 315 g/mol. The van der Waals surface area contributed by atoms with Crippen LogP contribution in [0, 0.1) is 0 Å². The number of amides is 1. The Labute approximate surface area is 135 Å². The number of carbonyl (C=O) groups is 2. The highest BCUT2D eigenvalue weighted by Crippen LogP contribution is 2.14. The van der Waals surface area contributed by atoms with E-state index in [1.165, 1.54) is 12.1 Å². The van der Waals surface area contributed by atoms with Gasteiger partial charge in [0.1, 0.15) is 5.69 Å². The number of benzene rings is 1. The lowest BCUT2D eigenvalue weighted by molar-refractivity contribution is 0.0696. The summed E-state index contributed by atoms with van der Waals surface area (Å²) in [5.41, 5.74) is 2.50. The van der Waals surface area contributed by atoms with Gasteiger partial charge in [0.15, 0.2) is 0 Å². The highest BCUT2D eigenvalue weighted by Gasteiger charge is 2.15. The Kier molecular flexibility index (Phi) is 5.16. The molecule has 0 saturated carbocycles. The van der Waals surface area contributed by atoms with Crippen LogP contribution in [0.15, 0.2) is 30.3 Å². The molecule has 6 nitrogen and oxygen atoms in total. The van der Waals surface area contributed by atoms with Crippen LogP contribution in [0.2, 0.25) is 0 Å². The summed E-state index contributed by atoms with van der Waals surface area (Å²) >= 11 is 0. The van der Waals surface area contributed by atoms with Crippen molar-refractivity contribution in [2.75, 3.05) is 0 Å². The molecule has 6 heteroatoms. The molecular weight excluding hydrogens is 294 g/mol. The first-order chi connectivity index (χ1) is 10.9. The fourth-order valence-corrected chi connectivity index (χ4v) is 2.18. The molecule has 2 aromatic rings. The van der Waals surface area contributed by atoms with Crippen molar-refractivity contribution in [3.63, 3.8) is 0 Å². The number of carbonyl (C=O) groups excluding carboxylic acids is 1. The Morgan fingerprint density at radius 1 is 1.26 bits per heavy atom. The summed E-state index contributed by atoms with van der Waals surface area (Å²) in [6.45, 7) is 6.98. The van der Waals surface area contributed by atoms with Gasteiger partial charge in [-0.25, -0.2) is 4.79 Å². The van der Waals surface area contributed by atoms with Crippen molar-refractivity contribution in [2.45, 2.75) is 39.8 Å². The summed E-state index contributed by atoms with van der Waals surface area (Å²) in [7, 11) is 0. The number of hydrogen-bond donors (Lipinski definition) is 2. The molecule has 0 radical (unpaired) electrons. The molecule has 1 heterocycles. The number of aromatic nitrogens is 2. The average molecular weight is 315 g/mol. The van der Waals surface area contributed by atoms with Crippen LogP contribution in [-0.2, 0) is 13.1 Å². The van der Waals surface area contributed by atoms with Gasteiger partial charge < -0.3 is 10.4 Å². The van der Waals surface area contributed by atoms with Crippen LogP contribution >= 0.6 is 0 Å². The van der Waals surface area contributed by atoms with E-state index in [2.05, 4.69) is 10.4 Å². The summed E-state index contributed by atoms with van der Waals surface area (Å²) in [4.78, 5) is 23.2. The van der Waals surface area contributed by atoms with E-state index in [1.54, 1.807) is 16.8 Å². The lowest BCUT2D eigenvalue weighted by Crippen LogP contribution is -2.25. The molecule has 0 spiro atoms. The molecule has 0 unspecified atom stereocenters. The molecule has 1 amide bonds. The number of nitrogens with zero attached hydrogens (tertiary/aromatic N) is 2. The zero-order valence-corrected chi connectivity index (χ0v) is 13.5. The smallest absolute Gasteiger partial charge is 0.335 e. The minimum Gasteiger partial charge on any atom is -0.478 e. The molecule has 0 saturated heterocycles. The van der Waals surface area contributed by atoms with Gasteiger partial charge in [-0.2, -0.15) is 5.10 Å². The standard InChI is InChI=1S/C17H21N3O3/c1-4-20-15(9-14(19-20)11(2)3)16(21)18-10-12-5-7-13(8-6-12)17(22)23/h5-9,11H,4,10H2,1-3H3,(H,18,21)(H,22,23). The largest absolute Gasteiger partial charge is 0.478 e. The van der Waals surface area contributed by atoms with Gasteiger partial charge in [-0.15, -0.1) is 0 Å². The number of aryl methyl sites for hydroxylation is 1. The second-order valence-corrected chi connectivity index (χ2v) is 5.61. The normalized spacial score (nSPS) is 10.8. The minimum absolute atomic E-state index is 0.187. The van der Waals surface area contributed by atoms with E-state index in [0.29, 0.717) is 18.8 Å². The van der Waals surface area contributed by atoms with Crippen molar-refractivity contribution in [1.29, 1.82) is 0 Å². The first-order valence-corrected chi connectivity index (χ1v) is 7.60. The van der Waals surface area contributed by atoms with Crippen molar-refractivity contribution in [3.8, 4) is 0 Å². The molecule has 2 N–H and O–H groups in total. The molecule has 0 bridgehead atoms. The van der Waals surface area contributed by atoms with Crippen molar-refractivity contribution in [3.05, 3.63) is 52.8 Å². The first kappa shape index (κ1) is 16.7. The third-order valence-corrected chi connectivity index (χ3v) is 3.58. The molecule has 0 fully saturated rings. The van der Waals surface area contributed by atoms with E-state index in [0.717, 1.165) is 11.3 Å². The van der Waals surface area contributed by atoms with E-state index in [-0.39, 0.29) is 17.4 Å². The first-order valence-electron chi connectivity index (χ1n) is 7.60. The van der Waals surface area contributed by atoms with Gasteiger partial charge >= 0.3 is 5.97 Å². The summed E-state index contributed by atoms with van der Waals surface area (Å²) in [5, 5.41) is 16.1. The van der Waals surface area contributed by atoms with Crippen LogP contribution in [0.3, 0.4) is 0 Å². The highest BCUT2D eigenvalue weighted by atomic mass is 16.4. The number of hydrogen-bond acceptors (Lipinski definition) is 3. The van der Waals surface area contributed by atoms with Crippen LogP contribution in [-0.4, -0.2) is 26.8 Å². The second kappa shape index (κ2) is 7.09. The van der Waals surface area contributed by atoms with Crippen LogP contribution in [0.25, 0.3) is 0 Å². The van der Waals surface area contributed by atoms with Gasteiger partial charge in [0.05, 0.1) is 11.3 Å². The fourth-order valence-electron chi connectivity index (χ4n) is 2.18. The van der Waals surface area contributed by atoms with Crippen LogP contribution in [0.4, 0.5) is 0 Å². The predicted octanol–water partition coefficient (Wildman–Crippen LogP) is 2.65. The SMILES string of the molecule is CCn1nc(C(C)C)cc1C(=O)NCc1ccc(C(=O)O)cc1. The second-order valence-electron chi connectivity index (χ2n) is 5.61. The number of carboxylic acid groups (broad SMARTS) is 1. The molecule has 0 atom stereocenters. The lowest BCUT2D eigenvalue weighted by Gasteiger charge is -2.07. The summed E-state index contributed by atoms with van der Waals surface area (Å²) in [5.74, 6) is -0.889. The number of carboxylic acids is 1. The van der Waals surface area contributed by atoms with Gasteiger partial charge in [0, 0.05) is 13.1 Å². The third-order valence-electron chi connectivity index (χ3n) is 3.58. The van der Waals surface area contributed by atoms with Crippen LogP contribution < -0.4 is 5.32 Å². The Balaban J connectivity index is 2.06. The molecule has 0 aliphatic heterocycles. The molecule has 2 rings (SSSR count). The van der Waals surface area contributed by atoms with Crippen molar-refractivity contribution >= 4 is 11.9 Å². The van der Waals surface area contributed by atoms with Gasteiger partial charge in [-0.1, -0.05) is 26.0 Å². The van der Waals surface area contributed by atoms with Gasteiger partial charge in [0.25, 0.3) is 5.91 Å². The Morgan fingerprint density at radius 2 is 1.91 bits per heavy atom. The number of aromatic carboxylic acids is 1. The Morgan fingerprint density at radius 3 is 2.43 bits per heavy atom. The summed E-state index contributed by atoms with van der Waals surface area (Å²) in [6.07, 6.45) is 0. The highest BCUT2D eigenvalue weighted by molar-refractivity contribution is 5.92. The van der Waals surface area contributed by atoms with Crippen molar-refractivity contribution in [2.24, 2.45) is 0 Å². The zero-order chi connectivity index (χ0) is 17.0. The fraction of sp³-hybridized carbons (Fsp3) is 0.353. The van der Waals surface area contributed by atoms with E-state index < -0.39 is 5.97 Å². The molecule has 0 aliphatic rings. The van der Waals surface area contributed by atoms with Crippen molar-refractivity contribution < 1.29 is 14.7 Å². The Bertz CT molecular complexity index is 702. The van der Waals surface area contributed by atoms with E-state index in [4.69, 9.17) is 5.11 Å². The lowest BCUT2D eigenvalue weighted by atomic mass is 10.1. The van der Waals surface area contributed by atoms with Crippen molar-refractivity contribution in [1.82, 2.24) is 15.1 Å². The zero-order valence-electron chi connectivity index (χ0n) is 13.5. The Hall–Kier alpha value is -2.63. The predicted molar refractivity (Wildman–Crippen MR) is 86.6 cm³/mol. The molecular formula is C17H21N3O3. The summed E-state index contributed by atoms with van der Waals surface area (Å²) in [6, 6.07) is 8.26. The van der Waals surface area contributed by atoms with E-state index >= 15 is 0 Å². The van der Waals surface area contributed by atoms with Gasteiger partial charge in [-0.05, 0) is 36.6 Å². The molecule has 23 heavy (non-hydrogen) atoms. The van der Waals surface area contributed by atoms with Crippen LogP contribution in [0.1, 0.15) is 58.8 Å². The summed E-state index contributed by atoms with van der Waals surface area (Å²) < 4.78 is 1.69. The number of nitrogens with one attached hydrogen (secondary N) is 1. The maximum atomic E-state index is 12.3. The quantitative estimate of drug-likeness (QED) is 0.858. The van der Waals surface area contributed by atoms with E-state index in [1.807, 2.05) is 26.8 Å². The van der Waals surface area contributed by atoms with Gasteiger partial charge in [-0.3, -0.25) is 9.48 Å². The number of rotatable bonds is 6. The molecule has 0 aliphatic carbocycles. The third kappa shape index (κ3) is 3.97. The molecule has 1 aromatic heterocycles. The van der Waals surface area contributed by atoms with Crippen LogP contribution in [0.5, 0.6) is 0 Å². The maximum absolute atomic E-state index is 12.3. The average Bonchev–Trinajstić information content (AvgIpc) is 2.97. The van der Waals surface area contributed by atoms with Gasteiger partial charge in [0.2, 0.25) is 0 Å². The molecule has 1 aromatic carbocycles. The topological polar surface area (TPSA) is 84.2 Å². The minimum atomic E-state index is -0.964. The molecule has 122 valence electrons. The maximum Gasteiger partial charge on any atom is 0.335 e.